The van der Waals surface area contributed by atoms with Crippen LogP contribution in [-0.4, -0.2) is 0 Å². The van der Waals surface area contributed by atoms with Gasteiger partial charge in [0.1, 0.15) is 17.3 Å². The SMILES string of the molecule is Fc1cc(Cl)cc(Oc2cccc(Cl)c2Br)c1. The predicted molar refractivity (Wildman–Crippen MR) is 70.6 cm³/mol. The van der Waals surface area contributed by atoms with E-state index >= 15 is 0 Å². The van der Waals surface area contributed by atoms with Crippen molar-refractivity contribution in [3.05, 3.63) is 56.7 Å². The second-order valence-corrected chi connectivity index (χ2v) is 4.90. The highest BCUT2D eigenvalue weighted by Crippen LogP contribution is 2.35. The summed E-state index contributed by atoms with van der Waals surface area (Å²) < 4.78 is 19.2. The second kappa shape index (κ2) is 5.25. The van der Waals surface area contributed by atoms with Crippen molar-refractivity contribution in [3.8, 4) is 11.5 Å². The van der Waals surface area contributed by atoms with Gasteiger partial charge in [-0.15, -0.1) is 0 Å². The van der Waals surface area contributed by atoms with Gasteiger partial charge in [-0.2, -0.15) is 0 Å². The fourth-order valence-electron chi connectivity index (χ4n) is 1.28. The molecular weight excluding hydrogens is 330 g/mol. The number of halogens is 4. The quantitative estimate of drug-likeness (QED) is 0.685. The Labute approximate surface area is 116 Å². The van der Waals surface area contributed by atoms with Crippen molar-refractivity contribution in [2.24, 2.45) is 0 Å². The van der Waals surface area contributed by atoms with E-state index in [9.17, 15) is 4.39 Å². The highest BCUT2D eigenvalue weighted by molar-refractivity contribution is 9.10. The van der Waals surface area contributed by atoms with Crippen molar-refractivity contribution in [1.29, 1.82) is 0 Å². The molecule has 0 bridgehead atoms. The van der Waals surface area contributed by atoms with Crippen LogP contribution >= 0.6 is 39.1 Å². The molecule has 0 aromatic heterocycles. The van der Waals surface area contributed by atoms with E-state index < -0.39 is 5.82 Å². The van der Waals surface area contributed by atoms with Gasteiger partial charge in [0.25, 0.3) is 0 Å². The molecule has 0 N–H and O–H groups in total. The number of hydrogen-bond donors (Lipinski definition) is 0. The van der Waals surface area contributed by atoms with Crippen LogP contribution < -0.4 is 4.74 Å². The third-order valence-electron chi connectivity index (χ3n) is 1.98. The van der Waals surface area contributed by atoms with E-state index in [-0.39, 0.29) is 5.02 Å². The summed E-state index contributed by atoms with van der Waals surface area (Å²) in [6, 6.07) is 9.16. The van der Waals surface area contributed by atoms with E-state index in [1.807, 2.05) is 0 Å². The monoisotopic (exact) mass is 334 g/mol. The molecule has 0 atom stereocenters. The lowest BCUT2D eigenvalue weighted by atomic mass is 10.3. The third-order valence-corrected chi connectivity index (χ3v) is 3.56. The average Bonchev–Trinajstić information content (AvgIpc) is 2.23. The normalized spacial score (nSPS) is 10.4. The molecule has 0 unspecified atom stereocenters. The van der Waals surface area contributed by atoms with E-state index in [4.69, 9.17) is 27.9 Å². The van der Waals surface area contributed by atoms with Crippen molar-refractivity contribution in [1.82, 2.24) is 0 Å². The Hall–Kier alpha value is -0.770. The third kappa shape index (κ3) is 3.12. The molecule has 17 heavy (non-hydrogen) atoms. The largest absolute Gasteiger partial charge is 0.456 e. The zero-order valence-electron chi connectivity index (χ0n) is 8.38. The van der Waals surface area contributed by atoms with Gasteiger partial charge in [0.15, 0.2) is 0 Å². The van der Waals surface area contributed by atoms with Crippen LogP contribution in [0, 0.1) is 5.82 Å². The first-order valence-electron chi connectivity index (χ1n) is 4.64. The summed E-state index contributed by atoms with van der Waals surface area (Å²) in [5.41, 5.74) is 0. The van der Waals surface area contributed by atoms with Crippen molar-refractivity contribution in [3.63, 3.8) is 0 Å². The lowest BCUT2D eigenvalue weighted by molar-refractivity contribution is 0.474. The Balaban J connectivity index is 2.34. The van der Waals surface area contributed by atoms with Gasteiger partial charge in [0.05, 0.1) is 9.50 Å². The minimum absolute atomic E-state index is 0.276. The molecule has 2 rings (SSSR count). The van der Waals surface area contributed by atoms with Crippen LogP contribution in [0.2, 0.25) is 10.0 Å². The summed E-state index contributed by atoms with van der Waals surface area (Å²) in [5.74, 6) is 0.364. The zero-order valence-corrected chi connectivity index (χ0v) is 11.5. The summed E-state index contributed by atoms with van der Waals surface area (Å²) in [6.07, 6.45) is 0. The van der Waals surface area contributed by atoms with Gasteiger partial charge in [-0.25, -0.2) is 4.39 Å². The molecule has 0 saturated carbocycles. The fraction of sp³-hybridized carbons (Fsp3) is 0. The lowest BCUT2D eigenvalue weighted by Gasteiger charge is -2.09. The molecule has 0 amide bonds. The van der Waals surface area contributed by atoms with E-state index in [0.717, 1.165) is 0 Å². The predicted octanol–water partition coefficient (Wildman–Crippen LogP) is 5.69. The first kappa shape index (κ1) is 12.7. The molecule has 88 valence electrons. The Kier molecular flexibility index (Phi) is 3.92. The van der Waals surface area contributed by atoms with Gasteiger partial charge in [0.2, 0.25) is 0 Å². The maximum absolute atomic E-state index is 13.1. The Bertz CT molecular complexity index is 540. The van der Waals surface area contributed by atoms with Crippen molar-refractivity contribution < 1.29 is 9.13 Å². The summed E-state index contributed by atoms with van der Waals surface area (Å²) in [4.78, 5) is 0. The molecule has 0 spiro atoms. The van der Waals surface area contributed by atoms with Gasteiger partial charge in [-0.3, -0.25) is 0 Å². The van der Waals surface area contributed by atoms with Crippen LogP contribution in [-0.2, 0) is 0 Å². The number of benzene rings is 2. The average molecular weight is 336 g/mol. The molecule has 0 aliphatic carbocycles. The Morgan fingerprint density at radius 3 is 2.59 bits per heavy atom. The van der Waals surface area contributed by atoms with Crippen LogP contribution in [0.15, 0.2) is 40.9 Å². The molecule has 0 fully saturated rings. The minimum Gasteiger partial charge on any atom is -0.456 e. The Morgan fingerprint density at radius 1 is 1.12 bits per heavy atom. The molecule has 0 aliphatic rings. The van der Waals surface area contributed by atoms with Crippen LogP contribution in [0.3, 0.4) is 0 Å². The lowest BCUT2D eigenvalue weighted by Crippen LogP contribution is -1.87. The number of rotatable bonds is 2. The van der Waals surface area contributed by atoms with Crippen LogP contribution in [0.25, 0.3) is 0 Å². The smallest absolute Gasteiger partial charge is 0.143 e. The van der Waals surface area contributed by atoms with Crippen molar-refractivity contribution in [2.75, 3.05) is 0 Å². The molecule has 2 aromatic rings. The molecule has 0 radical (unpaired) electrons. The van der Waals surface area contributed by atoms with E-state index in [1.54, 1.807) is 18.2 Å². The molecule has 0 heterocycles. The van der Waals surface area contributed by atoms with Crippen molar-refractivity contribution >= 4 is 39.1 Å². The topological polar surface area (TPSA) is 9.23 Å². The Morgan fingerprint density at radius 2 is 1.88 bits per heavy atom. The molecule has 5 heteroatoms. The zero-order chi connectivity index (χ0) is 12.4. The summed E-state index contributed by atoms with van der Waals surface area (Å²) in [6.45, 7) is 0. The van der Waals surface area contributed by atoms with E-state index in [0.29, 0.717) is 21.0 Å². The highest BCUT2D eigenvalue weighted by Gasteiger charge is 2.07. The van der Waals surface area contributed by atoms with Crippen LogP contribution in [0.1, 0.15) is 0 Å². The van der Waals surface area contributed by atoms with Gasteiger partial charge in [-0.1, -0.05) is 29.3 Å². The number of hydrogen-bond acceptors (Lipinski definition) is 1. The molecule has 2 aromatic carbocycles. The summed E-state index contributed by atoms with van der Waals surface area (Å²) in [5, 5.41) is 0.795. The second-order valence-electron chi connectivity index (χ2n) is 3.26. The van der Waals surface area contributed by atoms with Gasteiger partial charge in [-0.05, 0) is 40.2 Å². The first-order chi connectivity index (χ1) is 8.06. The summed E-state index contributed by atoms with van der Waals surface area (Å²) >= 11 is 14.9. The van der Waals surface area contributed by atoms with Gasteiger partial charge >= 0.3 is 0 Å². The standard InChI is InChI=1S/C12H6BrCl2FO/c13-12-10(15)2-1-3-11(12)17-9-5-7(14)4-8(16)6-9/h1-6H. The van der Waals surface area contributed by atoms with E-state index in [1.165, 1.54) is 18.2 Å². The fourth-order valence-corrected chi connectivity index (χ4v) is 2.00. The van der Waals surface area contributed by atoms with Crippen molar-refractivity contribution in [2.45, 2.75) is 0 Å². The number of ether oxygens (including phenoxy) is 1. The maximum atomic E-state index is 13.1. The molecule has 0 aliphatic heterocycles. The summed E-state index contributed by atoms with van der Waals surface area (Å²) in [7, 11) is 0. The first-order valence-corrected chi connectivity index (χ1v) is 6.19. The van der Waals surface area contributed by atoms with E-state index in [2.05, 4.69) is 15.9 Å². The molecule has 0 saturated heterocycles. The molecular formula is C12H6BrCl2FO. The maximum Gasteiger partial charge on any atom is 0.143 e. The highest BCUT2D eigenvalue weighted by atomic mass is 79.9. The minimum atomic E-state index is -0.453. The van der Waals surface area contributed by atoms with Crippen LogP contribution in [0.4, 0.5) is 4.39 Å². The van der Waals surface area contributed by atoms with Gasteiger partial charge < -0.3 is 4.74 Å². The molecule has 1 nitrogen and oxygen atoms in total. The van der Waals surface area contributed by atoms with Crippen LogP contribution in [0.5, 0.6) is 11.5 Å². The van der Waals surface area contributed by atoms with Gasteiger partial charge in [0, 0.05) is 11.1 Å².